The van der Waals surface area contributed by atoms with Crippen molar-refractivity contribution >= 4 is 5.69 Å². The second kappa shape index (κ2) is 7.48. The van der Waals surface area contributed by atoms with Crippen molar-refractivity contribution in [3.05, 3.63) is 22.5 Å². The van der Waals surface area contributed by atoms with Crippen LogP contribution in [-0.2, 0) is 11.3 Å². The third-order valence-electron chi connectivity index (χ3n) is 3.81. The van der Waals surface area contributed by atoms with Crippen LogP contribution in [0.4, 0.5) is 5.69 Å². The first-order valence-electron chi connectivity index (χ1n) is 7.14. The molecule has 1 aromatic rings. The number of hydrogen-bond acceptors (Lipinski definition) is 6. The number of nitro groups is 1. The molecule has 0 spiro atoms. The van der Waals surface area contributed by atoms with E-state index in [1.807, 2.05) is 0 Å². The smallest absolute Gasteiger partial charge is 0.306 e. The highest BCUT2D eigenvalue weighted by atomic mass is 16.6. The van der Waals surface area contributed by atoms with Crippen LogP contribution in [0.15, 0.2) is 12.4 Å². The molecule has 0 aromatic carbocycles. The lowest BCUT2D eigenvalue weighted by atomic mass is 9.97. The van der Waals surface area contributed by atoms with Crippen molar-refractivity contribution in [3.63, 3.8) is 0 Å². The van der Waals surface area contributed by atoms with E-state index in [1.165, 1.54) is 17.1 Å². The molecule has 8 heteroatoms. The maximum Gasteiger partial charge on any atom is 0.306 e. The number of rotatable bonds is 7. The molecule has 2 rings (SSSR count). The molecule has 0 radical (unpaired) electrons. The Kier molecular flexibility index (Phi) is 5.66. The zero-order valence-electron chi connectivity index (χ0n) is 12.2. The number of aliphatic hydroxyl groups excluding tert-OH is 1. The van der Waals surface area contributed by atoms with E-state index < -0.39 is 11.0 Å². The normalized spacial score (nSPS) is 18.8. The number of aliphatic hydroxyl groups is 1. The molecule has 1 atom stereocenters. The number of piperidine rings is 1. The maximum absolute atomic E-state index is 10.6. The molecule has 1 N–H and O–H groups in total. The van der Waals surface area contributed by atoms with Gasteiger partial charge >= 0.3 is 5.69 Å². The van der Waals surface area contributed by atoms with Gasteiger partial charge in [-0.25, -0.2) is 0 Å². The molecular formula is C13H22N4O4. The van der Waals surface area contributed by atoms with Gasteiger partial charge < -0.3 is 14.7 Å². The molecule has 1 aliphatic heterocycles. The van der Waals surface area contributed by atoms with E-state index in [0.717, 1.165) is 32.5 Å². The first kappa shape index (κ1) is 15.9. The minimum absolute atomic E-state index is 0.0532. The summed E-state index contributed by atoms with van der Waals surface area (Å²) < 4.78 is 6.58. The fourth-order valence-corrected chi connectivity index (χ4v) is 2.69. The van der Waals surface area contributed by atoms with Gasteiger partial charge in [0.25, 0.3) is 0 Å². The van der Waals surface area contributed by atoms with Crippen molar-refractivity contribution in [3.8, 4) is 0 Å². The summed E-state index contributed by atoms with van der Waals surface area (Å²) in [6, 6.07) is 0. The highest BCUT2D eigenvalue weighted by molar-refractivity contribution is 5.20. The molecule has 1 saturated heterocycles. The van der Waals surface area contributed by atoms with Gasteiger partial charge in [0.05, 0.1) is 17.6 Å². The van der Waals surface area contributed by atoms with Gasteiger partial charge in [-0.1, -0.05) is 0 Å². The largest absolute Gasteiger partial charge is 0.390 e. The number of hydrogen-bond donors (Lipinski definition) is 1. The Balaban J connectivity index is 1.74. The Bertz CT molecular complexity index is 457. The number of nitrogens with zero attached hydrogens (tertiary/aromatic N) is 4. The number of β-amino-alcohol motifs (C(OH)–C–C–N with tert-alkyl or cyclic N) is 1. The Morgan fingerprint density at radius 2 is 2.24 bits per heavy atom. The van der Waals surface area contributed by atoms with Crippen molar-refractivity contribution in [1.29, 1.82) is 0 Å². The fourth-order valence-electron chi connectivity index (χ4n) is 2.69. The number of methoxy groups -OCH3 is 1. The molecule has 0 amide bonds. The Labute approximate surface area is 123 Å². The summed E-state index contributed by atoms with van der Waals surface area (Å²) in [5, 5.41) is 24.5. The summed E-state index contributed by atoms with van der Waals surface area (Å²) in [6.45, 7) is 3.53. The van der Waals surface area contributed by atoms with Gasteiger partial charge in [-0.3, -0.25) is 14.8 Å². The van der Waals surface area contributed by atoms with Crippen molar-refractivity contribution in [2.45, 2.75) is 25.5 Å². The van der Waals surface area contributed by atoms with Gasteiger partial charge in [-0.2, -0.15) is 5.10 Å². The third kappa shape index (κ3) is 4.76. The molecule has 1 aromatic heterocycles. The van der Waals surface area contributed by atoms with Crippen LogP contribution in [0.1, 0.15) is 12.8 Å². The first-order chi connectivity index (χ1) is 10.1. The van der Waals surface area contributed by atoms with Crippen LogP contribution in [0.5, 0.6) is 0 Å². The van der Waals surface area contributed by atoms with Crippen LogP contribution >= 0.6 is 0 Å². The molecule has 8 nitrogen and oxygen atoms in total. The molecule has 0 aliphatic carbocycles. The molecule has 21 heavy (non-hydrogen) atoms. The molecule has 118 valence electrons. The van der Waals surface area contributed by atoms with E-state index in [2.05, 4.69) is 10.00 Å². The predicted molar refractivity (Wildman–Crippen MR) is 75.9 cm³/mol. The van der Waals surface area contributed by atoms with Crippen molar-refractivity contribution in [2.75, 3.05) is 33.4 Å². The van der Waals surface area contributed by atoms with Gasteiger partial charge in [0, 0.05) is 20.3 Å². The zero-order valence-corrected chi connectivity index (χ0v) is 12.2. The summed E-state index contributed by atoms with van der Waals surface area (Å²) in [6.07, 6.45) is 4.11. The molecular weight excluding hydrogens is 276 g/mol. The lowest BCUT2D eigenvalue weighted by Crippen LogP contribution is -2.40. The van der Waals surface area contributed by atoms with Crippen LogP contribution in [-0.4, -0.2) is 64.2 Å². The lowest BCUT2D eigenvalue weighted by molar-refractivity contribution is -0.385. The van der Waals surface area contributed by atoms with Crippen LogP contribution in [0, 0.1) is 16.0 Å². The van der Waals surface area contributed by atoms with E-state index in [4.69, 9.17) is 4.74 Å². The van der Waals surface area contributed by atoms with Crippen molar-refractivity contribution in [1.82, 2.24) is 14.7 Å². The third-order valence-corrected chi connectivity index (χ3v) is 3.81. The second-order valence-electron chi connectivity index (χ2n) is 5.53. The average Bonchev–Trinajstić information content (AvgIpc) is 2.90. The van der Waals surface area contributed by atoms with Gasteiger partial charge in [-0.15, -0.1) is 0 Å². The quantitative estimate of drug-likeness (QED) is 0.582. The molecule has 1 aliphatic rings. The van der Waals surface area contributed by atoms with Crippen LogP contribution in [0.2, 0.25) is 0 Å². The fraction of sp³-hybridized carbons (Fsp3) is 0.769. The number of likely N-dealkylation sites (tertiary alicyclic amines) is 1. The standard InChI is InChI=1S/C13H22N4O4/c1-21-10-11-2-4-15(5-3-11)8-13(18)9-16-7-12(6-14-16)17(19)20/h6-7,11,13,18H,2-5,8-10H2,1H3. The van der Waals surface area contributed by atoms with Crippen molar-refractivity contribution < 1.29 is 14.8 Å². The molecule has 1 unspecified atom stereocenters. The van der Waals surface area contributed by atoms with Gasteiger partial charge in [0.2, 0.25) is 0 Å². The summed E-state index contributed by atoms with van der Waals surface area (Å²) in [7, 11) is 1.72. The summed E-state index contributed by atoms with van der Waals surface area (Å²) in [5.41, 5.74) is -0.0532. The van der Waals surface area contributed by atoms with E-state index in [0.29, 0.717) is 12.5 Å². The Morgan fingerprint density at radius 1 is 1.52 bits per heavy atom. The predicted octanol–water partition coefficient (Wildman–Crippen LogP) is 0.511. The van der Waals surface area contributed by atoms with Gasteiger partial charge in [0.15, 0.2) is 0 Å². The van der Waals surface area contributed by atoms with E-state index >= 15 is 0 Å². The highest BCUT2D eigenvalue weighted by Crippen LogP contribution is 2.17. The molecule has 1 fully saturated rings. The number of ether oxygens (including phenoxy) is 1. The molecule has 0 saturated carbocycles. The summed E-state index contributed by atoms with van der Waals surface area (Å²) in [5.74, 6) is 0.608. The van der Waals surface area contributed by atoms with E-state index in [-0.39, 0.29) is 12.2 Å². The lowest BCUT2D eigenvalue weighted by Gasteiger charge is -2.32. The Hall–Kier alpha value is -1.51. The highest BCUT2D eigenvalue weighted by Gasteiger charge is 2.21. The van der Waals surface area contributed by atoms with E-state index in [1.54, 1.807) is 7.11 Å². The van der Waals surface area contributed by atoms with Crippen LogP contribution < -0.4 is 0 Å². The Morgan fingerprint density at radius 3 is 2.81 bits per heavy atom. The topological polar surface area (TPSA) is 93.7 Å². The number of aromatic nitrogens is 2. The average molecular weight is 298 g/mol. The van der Waals surface area contributed by atoms with E-state index in [9.17, 15) is 15.2 Å². The summed E-state index contributed by atoms with van der Waals surface area (Å²) >= 11 is 0. The van der Waals surface area contributed by atoms with Crippen LogP contribution in [0.25, 0.3) is 0 Å². The molecule has 2 heterocycles. The van der Waals surface area contributed by atoms with Crippen LogP contribution in [0.3, 0.4) is 0 Å². The minimum Gasteiger partial charge on any atom is -0.390 e. The zero-order chi connectivity index (χ0) is 15.2. The second-order valence-corrected chi connectivity index (χ2v) is 5.53. The summed E-state index contributed by atoms with van der Waals surface area (Å²) in [4.78, 5) is 12.3. The van der Waals surface area contributed by atoms with Gasteiger partial charge in [0.1, 0.15) is 12.4 Å². The first-order valence-corrected chi connectivity index (χ1v) is 7.14. The van der Waals surface area contributed by atoms with Crippen molar-refractivity contribution in [2.24, 2.45) is 5.92 Å². The SMILES string of the molecule is COCC1CCN(CC(O)Cn2cc([N+](=O)[O-])cn2)CC1. The maximum atomic E-state index is 10.6. The minimum atomic E-state index is -0.580. The van der Waals surface area contributed by atoms with Gasteiger partial charge in [-0.05, 0) is 31.8 Å². The monoisotopic (exact) mass is 298 g/mol. The molecule has 0 bridgehead atoms.